The normalized spacial score (nSPS) is 12.3. The highest BCUT2D eigenvalue weighted by Gasteiger charge is 2.36. The van der Waals surface area contributed by atoms with Crippen molar-refractivity contribution in [3.63, 3.8) is 0 Å². The van der Waals surface area contributed by atoms with Crippen LogP contribution >= 0.6 is 0 Å². The zero-order chi connectivity index (χ0) is 19.2. The Morgan fingerprint density at radius 2 is 1.88 bits per heavy atom. The van der Waals surface area contributed by atoms with E-state index in [4.69, 9.17) is 0 Å². The Bertz CT molecular complexity index is 735. The van der Waals surface area contributed by atoms with Crippen molar-refractivity contribution in [1.82, 2.24) is 20.4 Å². The van der Waals surface area contributed by atoms with Gasteiger partial charge in [0.2, 0.25) is 0 Å². The quantitative estimate of drug-likeness (QED) is 0.466. The van der Waals surface area contributed by atoms with Gasteiger partial charge in [0.1, 0.15) is 5.82 Å². The van der Waals surface area contributed by atoms with Gasteiger partial charge in [-0.1, -0.05) is 12.1 Å². The molecule has 0 aliphatic rings. The van der Waals surface area contributed by atoms with Crippen LogP contribution in [-0.2, 0) is 26.2 Å². The topological polar surface area (TPSA) is 54.2 Å². The van der Waals surface area contributed by atoms with E-state index in [2.05, 4.69) is 20.7 Å². The molecule has 0 atom stereocenters. The summed E-state index contributed by atoms with van der Waals surface area (Å²) in [5.41, 5.74) is 0.0306. The van der Waals surface area contributed by atoms with Crippen molar-refractivity contribution in [1.29, 1.82) is 0 Å². The molecule has 0 radical (unpaired) electrons. The molecule has 1 aromatic carbocycles. The molecule has 0 aliphatic heterocycles. The molecule has 0 fully saturated rings. The van der Waals surface area contributed by atoms with Crippen LogP contribution in [0.1, 0.15) is 23.7 Å². The van der Waals surface area contributed by atoms with Gasteiger partial charge in [0.15, 0.2) is 11.7 Å². The molecule has 2 aromatic rings. The molecular weight excluding hydrogens is 350 g/mol. The van der Waals surface area contributed by atoms with Crippen molar-refractivity contribution in [2.45, 2.75) is 26.1 Å². The zero-order valence-electron chi connectivity index (χ0n) is 14.6. The van der Waals surface area contributed by atoms with E-state index in [0.717, 1.165) is 10.2 Å². The Labute approximate surface area is 149 Å². The second-order valence-corrected chi connectivity index (χ2v) is 5.67. The summed E-state index contributed by atoms with van der Waals surface area (Å²) in [7, 11) is 1.44. The highest BCUT2D eigenvalue weighted by Crippen LogP contribution is 2.30. The third-order valence-electron chi connectivity index (χ3n) is 3.54. The highest BCUT2D eigenvalue weighted by molar-refractivity contribution is 5.79. The minimum absolute atomic E-state index is 0.00994. The van der Waals surface area contributed by atoms with Gasteiger partial charge in [0.05, 0.1) is 6.54 Å². The van der Waals surface area contributed by atoms with E-state index in [-0.39, 0.29) is 17.9 Å². The number of hydrogen-bond acceptors (Lipinski definition) is 2. The Kier molecular flexibility index (Phi) is 6.59. The molecule has 0 unspecified atom stereocenters. The van der Waals surface area contributed by atoms with Crippen LogP contribution in [-0.4, -0.2) is 28.8 Å². The summed E-state index contributed by atoms with van der Waals surface area (Å²) in [5.74, 6) is 0.111. The Balaban J connectivity index is 1.99. The summed E-state index contributed by atoms with van der Waals surface area (Å²) in [4.78, 5) is 4.20. The first-order valence-electron chi connectivity index (χ1n) is 8.16. The van der Waals surface area contributed by atoms with Gasteiger partial charge < -0.3 is 10.6 Å². The van der Waals surface area contributed by atoms with Crippen LogP contribution in [0, 0.1) is 5.82 Å². The summed E-state index contributed by atoms with van der Waals surface area (Å²) < 4.78 is 52.9. The number of alkyl halides is 3. The minimum Gasteiger partial charge on any atom is -0.357 e. The van der Waals surface area contributed by atoms with Crippen molar-refractivity contribution in [2.75, 3.05) is 13.1 Å². The average Bonchev–Trinajstić information content (AvgIpc) is 2.95. The van der Waals surface area contributed by atoms with Gasteiger partial charge in [-0.25, -0.2) is 9.38 Å². The van der Waals surface area contributed by atoms with E-state index in [1.54, 1.807) is 12.1 Å². The third kappa shape index (κ3) is 5.75. The van der Waals surface area contributed by atoms with Gasteiger partial charge in [0, 0.05) is 31.9 Å². The molecule has 0 saturated carbocycles. The summed E-state index contributed by atoms with van der Waals surface area (Å²) in [6.07, 6.45) is -2.57. The molecule has 26 heavy (non-hydrogen) atoms. The first-order valence-corrected chi connectivity index (χ1v) is 8.16. The van der Waals surface area contributed by atoms with Crippen molar-refractivity contribution < 1.29 is 17.6 Å². The molecule has 2 N–H and O–H groups in total. The number of aromatic nitrogens is 2. The number of guanidine groups is 1. The maximum absolute atomic E-state index is 13.0. The van der Waals surface area contributed by atoms with Crippen molar-refractivity contribution in [3.8, 4) is 0 Å². The van der Waals surface area contributed by atoms with Gasteiger partial charge in [-0.2, -0.15) is 18.3 Å². The van der Waals surface area contributed by atoms with Crippen LogP contribution in [0.4, 0.5) is 17.6 Å². The van der Waals surface area contributed by atoms with Crippen molar-refractivity contribution >= 4 is 5.96 Å². The van der Waals surface area contributed by atoms with E-state index in [0.29, 0.717) is 25.5 Å². The number of rotatable bonds is 6. The molecule has 0 saturated heterocycles. The standard InChI is InChI=1S/C17H21F4N5/c1-3-22-16(23-9-8-12-4-6-14(18)7-5-12)24-10-13-11-26(2)25-15(13)17(19,20)21/h4-7,11H,3,8-10H2,1-2H3,(H2,22,23,24). The maximum atomic E-state index is 13.0. The Morgan fingerprint density at radius 1 is 1.19 bits per heavy atom. The fraction of sp³-hybridized carbons (Fsp3) is 0.412. The molecule has 142 valence electrons. The van der Waals surface area contributed by atoms with Crippen LogP contribution < -0.4 is 10.6 Å². The zero-order valence-corrected chi connectivity index (χ0v) is 14.6. The molecular formula is C17H21F4N5. The number of nitrogens with zero attached hydrogens (tertiary/aromatic N) is 3. The molecule has 0 spiro atoms. The lowest BCUT2D eigenvalue weighted by molar-refractivity contribution is -0.142. The number of benzene rings is 1. The van der Waals surface area contributed by atoms with Crippen molar-refractivity contribution in [3.05, 3.63) is 53.1 Å². The number of aryl methyl sites for hydroxylation is 1. The molecule has 1 heterocycles. The van der Waals surface area contributed by atoms with Gasteiger partial charge >= 0.3 is 6.18 Å². The summed E-state index contributed by atoms with van der Waals surface area (Å²) in [5, 5.41) is 9.51. The van der Waals surface area contributed by atoms with E-state index >= 15 is 0 Å². The first kappa shape index (κ1) is 19.7. The highest BCUT2D eigenvalue weighted by atomic mass is 19.4. The molecule has 2 rings (SSSR count). The monoisotopic (exact) mass is 371 g/mol. The van der Waals surface area contributed by atoms with Crippen molar-refractivity contribution in [2.24, 2.45) is 12.0 Å². The molecule has 5 nitrogen and oxygen atoms in total. The number of nitrogens with one attached hydrogen (secondary N) is 2. The SMILES string of the molecule is CCNC(=NCc1cn(C)nc1C(F)(F)F)NCCc1ccc(F)cc1. The summed E-state index contributed by atoms with van der Waals surface area (Å²) >= 11 is 0. The predicted octanol–water partition coefficient (Wildman–Crippen LogP) is 2.88. The van der Waals surface area contributed by atoms with E-state index in [1.165, 1.54) is 25.4 Å². The molecule has 1 aromatic heterocycles. The number of aliphatic imine (C=N–C) groups is 1. The van der Waals surface area contributed by atoms with Crippen LogP contribution in [0.5, 0.6) is 0 Å². The molecule has 0 amide bonds. The fourth-order valence-corrected chi connectivity index (χ4v) is 2.37. The van der Waals surface area contributed by atoms with Crippen LogP contribution in [0.3, 0.4) is 0 Å². The predicted molar refractivity (Wildman–Crippen MR) is 91.1 cm³/mol. The van der Waals surface area contributed by atoms with Gasteiger partial charge in [-0.15, -0.1) is 0 Å². The third-order valence-corrected chi connectivity index (χ3v) is 3.54. The lowest BCUT2D eigenvalue weighted by Crippen LogP contribution is -2.38. The molecule has 0 bridgehead atoms. The maximum Gasteiger partial charge on any atom is 0.435 e. The summed E-state index contributed by atoms with van der Waals surface area (Å²) in [6, 6.07) is 6.14. The molecule has 0 aliphatic carbocycles. The van der Waals surface area contributed by atoms with Gasteiger partial charge in [-0.3, -0.25) is 4.68 Å². The summed E-state index contributed by atoms with van der Waals surface area (Å²) in [6.45, 7) is 2.80. The lowest BCUT2D eigenvalue weighted by atomic mass is 10.1. The van der Waals surface area contributed by atoms with Crippen LogP contribution in [0.15, 0.2) is 35.5 Å². The molecule has 9 heteroatoms. The van der Waals surface area contributed by atoms with Crippen LogP contribution in [0.25, 0.3) is 0 Å². The lowest BCUT2D eigenvalue weighted by Gasteiger charge is -2.11. The van der Waals surface area contributed by atoms with E-state index < -0.39 is 11.9 Å². The van der Waals surface area contributed by atoms with Crippen LogP contribution in [0.2, 0.25) is 0 Å². The van der Waals surface area contributed by atoms with Gasteiger partial charge in [0.25, 0.3) is 0 Å². The number of hydrogen-bond donors (Lipinski definition) is 2. The van der Waals surface area contributed by atoms with Gasteiger partial charge in [-0.05, 0) is 31.0 Å². The van der Waals surface area contributed by atoms with E-state index in [9.17, 15) is 17.6 Å². The fourth-order valence-electron chi connectivity index (χ4n) is 2.37. The smallest absolute Gasteiger partial charge is 0.357 e. The largest absolute Gasteiger partial charge is 0.435 e. The Hall–Kier alpha value is -2.58. The second-order valence-electron chi connectivity index (χ2n) is 5.67. The first-order chi connectivity index (χ1) is 12.3. The average molecular weight is 371 g/mol. The minimum atomic E-state index is -4.51. The second kappa shape index (κ2) is 8.68. The Morgan fingerprint density at radius 3 is 2.50 bits per heavy atom. The number of halogens is 4. The van der Waals surface area contributed by atoms with E-state index in [1.807, 2.05) is 6.92 Å².